The molecule has 140 valence electrons. The van der Waals surface area contributed by atoms with Gasteiger partial charge in [0.2, 0.25) is 11.7 Å². The number of ketones is 1. The van der Waals surface area contributed by atoms with Crippen LogP contribution >= 0.6 is 0 Å². The van der Waals surface area contributed by atoms with Gasteiger partial charge < -0.3 is 9.64 Å². The van der Waals surface area contributed by atoms with Crippen LogP contribution < -0.4 is 4.90 Å². The topological polar surface area (TPSA) is 63.7 Å². The van der Waals surface area contributed by atoms with Gasteiger partial charge >= 0.3 is 5.97 Å². The molecule has 1 aliphatic heterocycles. The molecule has 1 amide bonds. The summed E-state index contributed by atoms with van der Waals surface area (Å²) in [5.74, 6) is -3.53. The van der Waals surface area contributed by atoms with E-state index in [0.29, 0.717) is 18.7 Å². The number of amides is 1. The first-order valence-electron chi connectivity index (χ1n) is 8.47. The number of anilines is 1. The van der Waals surface area contributed by atoms with E-state index >= 15 is 0 Å². The van der Waals surface area contributed by atoms with E-state index in [4.69, 9.17) is 4.74 Å². The molecule has 7 heteroatoms. The van der Waals surface area contributed by atoms with Crippen LogP contribution in [0.25, 0.3) is 0 Å². The van der Waals surface area contributed by atoms with E-state index in [2.05, 4.69) is 0 Å². The van der Waals surface area contributed by atoms with Gasteiger partial charge in [0, 0.05) is 24.2 Å². The van der Waals surface area contributed by atoms with Crippen LogP contribution in [-0.4, -0.2) is 30.3 Å². The fraction of sp³-hybridized carbons (Fsp3) is 0.250. The average molecular weight is 373 g/mol. The van der Waals surface area contributed by atoms with Crippen molar-refractivity contribution in [3.8, 4) is 0 Å². The molecule has 1 atom stereocenters. The van der Waals surface area contributed by atoms with Crippen molar-refractivity contribution in [2.75, 3.05) is 11.4 Å². The molecule has 0 N–H and O–H groups in total. The molecule has 1 saturated heterocycles. The Hall–Kier alpha value is -3.09. The summed E-state index contributed by atoms with van der Waals surface area (Å²) in [5.41, 5.74) is 0.826. The molecule has 5 nitrogen and oxygen atoms in total. The zero-order valence-electron chi connectivity index (χ0n) is 14.6. The molecule has 0 aromatic heterocycles. The lowest BCUT2D eigenvalue weighted by atomic mass is 10.1. The van der Waals surface area contributed by atoms with Crippen LogP contribution in [0.3, 0.4) is 0 Å². The Bertz CT molecular complexity index is 895. The zero-order valence-corrected chi connectivity index (χ0v) is 14.6. The van der Waals surface area contributed by atoms with E-state index in [1.165, 1.54) is 19.1 Å². The summed E-state index contributed by atoms with van der Waals surface area (Å²) < 4.78 is 31.4. The van der Waals surface area contributed by atoms with Gasteiger partial charge in [0.1, 0.15) is 0 Å². The van der Waals surface area contributed by atoms with Crippen LogP contribution in [0.2, 0.25) is 0 Å². The van der Waals surface area contributed by atoms with Gasteiger partial charge in [-0.2, -0.15) is 0 Å². The molecule has 0 bridgehead atoms. The van der Waals surface area contributed by atoms with E-state index in [9.17, 15) is 23.2 Å². The second kappa shape index (κ2) is 7.65. The van der Waals surface area contributed by atoms with Crippen molar-refractivity contribution >= 4 is 23.3 Å². The summed E-state index contributed by atoms with van der Waals surface area (Å²) in [6, 6.07) is 9.05. The maximum absolute atomic E-state index is 13.3. The van der Waals surface area contributed by atoms with Crippen molar-refractivity contribution in [1.29, 1.82) is 0 Å². The molecule has 1 unspecified atom stereocenters. The monoisotopic (exact) mass is 373 g/mol. The van der Waals surface area contributed by atoms with E-state index < -0.39 is 29.5 Å². The van der Waals surface area contributed by atoms with E-state index in [0.717, 1.165) is 24.6 Å². The molecule has 0 aliphatic carbocycles. The fourth-order valence-corrected chi connectivity index (χ4v) is 2.86. The molecule has 1 heterocycles. The van der Waals surface area contributed by atoms with Gasteiger partial charge in [-0.25, -0.2) is 13.6 Å². The number of rotatable bonds is 5. The van der Waals surface area contributed by atoms with Crippen molar-refractivity contribution in [1.82, 2.24) is 0 Å². The standard InChI is InChI=1S/C20H17F2NO4/c1-12(19(25)14-6-9-16(21)17(22)11-14)27-20(26)13-4-7-15(8-5-13)23-10-2-3-18(23)24/h4-9,11-12H,2-3,10H2,1H3. The highest BCUT2D eigenvalue weighted by molar-refractivity contribution is 6.01. The molecule has 1 fully saturated rings. The SMILES string of the molecule is CC(OC(=O)c1ccc(N2CCCC2=O)cc1)C(=O)c1ccc(F)c(F)c1. The third-order valence-corrected chi connectivity index (χ3v) is 4.35. The highest BCUT2D eigenvalue weighted by Gasteiger charge is 2.23. The zero-order chi connectivity index (χ0) is 19.6. The molecule has 0 saturated carbocycles. The quantitative estimate of drug-likeness (QED) is 0.594. The second-order valence-corrected chi connectivity index (χ2v) is 6.24. The Morgan fingerprint density at radius 3 is 2.30 bits per heavy atom. The number of esters is 1. The largest absolute Gasteiger partial charge is 0.451 e. The number of carbonyl (C=O) groups excluding carboxylic acids is 3. The highest BCUT2D eigenvalue weighted by atomic mass is 19.2. The van der Waals surface area contributed by atoms with Crippen LogP contribution in [0.1, 0.15) is 40.5 Å². The number of benzene rings is 2. The normalized spacial score (nSPS) is 14.9. The minimum absolute atomic E-state index is 0.0380. The molecule has 3 rings (SSSR count). The minimum atomic E-state index is -1.16. The van der Waals surface area contributed by atoms with Crippen molar-refractivity contribution < 1.29 is 27.9 Å². The van der Waals surface area contributed by atoms with Crippen LogP contribution in [-0.2, 0) is 9.53 Å². The third-order valence-electron chi connectivity index (χ3n) is 4.35. The van der Waals surface area contributed by atoms with Gasteiger partial charge in [-0.05, 0) is 55.8 Å². The molecule has 2 aromatic rings. The Balaban J connectivity index is 1.66. The predicted molar refractivity (Wildman–Crippen MR) is 93.6 cm³/mol. The average Bonchev–Trinajstić information content (AvgIpc) is 3.09. The lowest BCUT2D eigenvalue weighted by Gasteiger charge is -2.16. The Kier molecular flexibility index (Phi) is 5.30. The number of hydrogen-bond acceptors (Lipinski definition) is 4. The number of halogens is 2. The van der Waals surface area contributed by atoms with E-state index in [1.807, 2.05) is 0 Å². The second-order valence-electron chi connectivity index (χ2n) is 6.24. The Morgan fingerprint density at radius 2 is 1.70 bits per heavy atom. The van der Waals surface area contributed by atoms with E-state index in [-0.39, 0.29) is 17.0 Å². The van der Waals surface area contributed by atoms with Gasteiger partial charge in [0.15, 0.2) is 17.7 Å². The maximum Gasteiger partial charge on any atom is 0.338 e. The number of nitrogens with zero attached hydrogens (tertiary/aromatic N) is 1. The van der Waals surface area contributed by atoms with Gasteiger partial charge in [-0.1, -0.05) is 0 Å². The molecular formula is C20H17F2NO4. The van der Waals surface area contributed by atoms with Gasteiger partial charge in [-0.3, -0.25) is 9.59 Å². The first kappa shape index (κ1) is 18.7. The molecular weight excluding hydrogens is 356 g/mol. The molecule has 0 radical (unpaired) electrons. The summed E-state index contributed by atoms with van der Waals surface area (Å²) >= 11 is 0. The Morgan fingerprint density at radius 1 is 1.04 bits per heavy atom. The molecule has 2 aromatic carbocycles. The summed E-state index contributed by atoms with van der Waals surface area (Å²) in [5, 5.41) is 0. The van der Waals surface area contributed by atoms with Crippen LogP contribution in [0.15, 0.2) is 42.5 Å². The summed E-state index contributed by atoms with van der Waals surface area (Å²) in [7, 11) is 0. The lowest BCUT2D eigenvalue weighted by molar-refractivity contribution is -0.117. The number of ether oxygens (including phenoxy) is 1. The summed E-state index contributed by atoms with van der Waals surface area (Å²) in [6.45, 7) is 2.00. The van der Waals surface area contributed by atoms with Gasteiger partial charge in [0.05, 0.1) is 5.56 Å². The van der Waals surface area contributed by atoms with Crippen molar-refractivity contribution in [3.05, 3.63) is 65.2 Å². The Labute approximate surface area is 154 Å². The minimum Gasteiger partial charge on any atom is -0.451 e. The summed E-state index contributed by atoms with van der Waals surface area (Å²) in [6.07, 6.45) is 0.141. The van der Waals surface area contributed by atoms with Crippen molar-refractivity contribution in [2.45, 2.75) is 25.9 Å². The first-order chi connectivity index (χ1) is 12.9. The smallest absolute Gasteiger partial charge is 0.338 e. The number of Topliss-reactive ketones (excluding diaryl/α,β-unsaturated/α-hetero) is 1. The molecule has 27 heavy (non-hydrogen) atoms. The van der Waals surface area contributed by atoms with Gasteiger partial charge in [0.25, 0.3) is 0 Å². The molecule has 1 aliphatic rings. The molecule has 0 spiro atoms. The number of hydrogen-bond donors (Lipinski definition) is 0. The van der Waals surface area contributed by atoms with Crippen LogP contribution in [0.5, 0.6) is 0 Å². The highest BCUT2D eigenvalue weighted by Crippen LogP contribution is 2.22. The fourth-order valence-electron chi connectivity index (χ4n) is 2.86. The lowest BCUT2D eigenvalue weighted by Crippen LogP contribution is -2.25. The van der Waals surface area contributed by atoms with Crippen molar-refractivity contribution in [2.24, 2.45) is 0 Å². The number of carbonyl (C=O) groups is 3. The maximum atomic E-state index is 13.3. The summed E-state index contributed by atoms with van der Waals surface area (Å²) in [4.78, 5) is 37.8. The van der Waals surface area contributed by atoms with E-state index in [1.54, 1.807) is 17.0 Å². The van der Waals surface area contributed by atoms with Crippen LogP contribution in [0.4, 0.5) is 14.5 Å². The predicted octanol–water partition coefficient (Wildman–Crippen LogP) is 3.52. The third kappa shape index (κ3) is 4.02. The van der Waals surface area contributed by atoms with Crippen molar-refractivity contribution in [3.63, 3.8) is 0 Å². The van der Waals surface area contributed by atoms with Crippen LogP contribution in [0, 0.1) is 11.6 Å². The first-order valence-corrected chi connectivity index (χ1v) is 8.47. The van der Waals surface area contributed by atoms with Gasteiger partial charge in [-0.15, -0.1) is 0 Å².